The summed E-state index contributed by atoms with van der Waals surface area (Å²) in [6.07, 6.45) is -3.98. The summed E-state index contributed by atoms with van der Waals surface area (Å²) in [7, 11) is 1.14. The Balaban J connectivity index is 2.27. The first-order chi connectivity index (χ1) is 14.5. The number of nitrogens with one attached hydrogen (secondary N) is 1. The summed E-state index contributed by atoms with van der Waals surface area (Å²) >= 11 is 5.19. The Morgan fingerprint density at radius 1 is 1.19 bits per heavy atom. The largest absolute Gasteiger partial charge is 0.364 e. The number of urea groups is 1. The molecule has 13 heteroatoms. The highest BCUT2D eigenvalue weighted by Crippen LogP contribution is 2.41. The smallest absolute Gasteiger partial charge is 0.357 e. The molecule has 0 aromatic heterocycles. The van der Waals surface area contributed by atoms with Crippen LogP contribution in [0.3, 0.4) is 0 Å². The van der Waals surface area contributed by atoms with E-state index < -0.39 is 69.9 Å². The third-order valence-electron chi connectivity index (χ3n) is 3.63. The first-order valence-corrected chi connectivity index (χ1v) is 9.37. The van der Waals surface area contributed by atoms with Gasteiger partial charge in [0.25, 0.3) is 5.91 Å². The molecule has 0 unspecified atom stereocenters. The van der Waals surface area contributed by atoms with Gasteiger partial charge < -0.3 is 4.74 Å². The van der Waals surface area contributed by atoms with E-state index in [0.29, 0.717) is 11.0 Å². The van der Waals surface area contributed by atoms with Crippen LogP contribution in [0, 0.1) is 11.6 Å². The van der Waals surface area contributed by atoms with Crippen molar-refractivity contribution in [3.05, 3.63) is 58.6 Å². The van der Waals surface area contributed by atoms with Crippen LogP contribution >= 0.6 is 23.4 Å². The van der Waals surface area contributed by atoms with Gasteiger partial charge in [-0.25, -0.2) is 22.4 Å². The van der Waals surface area contributed by atoms with E-state index in [1.807, 2.05) is 5.32 Å². The molecule has 0 bridgehead atoms. The van der Waals surface area contributed by atoms with Gasteiger partial charge >= 0.3 is 17.7 Å². The molecule has 5 nitrogen and oxygen atoms in total. The minimum atomic E-state index is -4.46. The molecular weight excluding hydrogens is 474 g/mol. The number of alkyl halides is 4. The molecule has 1 N–H and O–H groups in total. The SMILES string of the molecule is COCN(C(=O)NC(=O)c1c(F)cccc1Cl)c1ccc(SC(F)(F)C(F)F)cc1F. The average molecular weight is 487 g/mol. The van der Waals surface area contributed by atoms with Gasteiger partial charge in [-0.15, -0.1) is 0 Å². The van der Waals surface area contributed by atoms with Crippen molar-refractivity contribution >= 4 is 41.0 Å². The number of halogens is 7. The molecule has 2 rings (SSSR count). The van der Waals surface area contributed by atoms with Crippen LogP contribution in [-0.2, 0) is 4.74 Å². The molecule has 0 aliphatic heterocycles. The molecule has 0 fully saturated rings. The van der Waals surface area contributed by atoms with Crippen LogP contribution in [0.5, 0.6) is 0 Å². The number of hydrogen-bond acceptors (Lipinski definition) is 4. The lowest BCUT2D eigenvalue weighted by atomic mass is 10.2. The molecule has 168 valence electrons. The average Bonchev–Trinajstić information content (AvgIpc) is 2.66. The van der Waals surface area contributed by atoms with Crippen molar-refractivity contribution in [3.8, 4) is 0 Å². The van der Waals surface area contributed by atoms with Crippen LogP contribution in [0.4, 0.5) is 36.8 Å². The third-order valence-corrected chi connectivity index (χ3v) is 4.89. The molecule has 0 radical (unpaired) electrons. The van der Waals surface area contributed by atoms with Crippen LogP contribution in [0.2, 0.25) is 5.02 Å². The van der Waals surface area contributed by atoms with Gasteiger partial charge in [-0.3, -0.25) is 15.0 Å². The van der Waals surface area contributed by atoms with E-state index in [1.165, 1.54) is 12.1 Å². The van der Waals surface area contributed by atoms with Crippen LogP contribution in [0.1, 0.15) is 10.4 Å². The first-order valence-electron chi connectivity index (χ1n) is 8.18. The zero-order chi connectivity index (χ0) is 23.3. The van der Waals surface area contributed by atoms with Gasteiger partial charge in [0, 0.05) is 12.0 Å². The Morgan fingerprint density at radius 3 is 2.42 bits per heavy atom. The van der Waals surface area contributed by atoms with Crippen LogP contribution < -0.4 is 10.2 Å². The zero-order valence-corrected chi connectivity index (χ0v) is 17.0. The maximum absolute atomic E-state index is 14.5. The topological polar surface area (TPSA) is 58.6 Å². The molecule has 0 aliphatic carbocycles. The minimum absolute atomic E-state index is 0.281. The van der Waals surface area contributed by atoms with Crippen molar-refractivity contribution in [1.29, 1.82) is 0 Å². The van der Waals surface area contributed by atoms with Gasteiger partial charge in [0.1, 0.15) is 18.4 Å². The van der Waals surface area contributed by atoms with E-state index in [4.69, 9.17) is 16.3 Å². The number of imide groups is 1. The Kier molecular flexibility index (Phi) is 8.21. The zero-order valence-electron chi connectivity index (χ0n) is 15.5. The monoisotopic (exact) mass is 486 g/mol. The van der Waals surface area contributed by atoms with Crippen molar-refractivity contribution in [3.63, 3.8) is 0 Å². The second-order valence-corrected chi connectivity index (χ2v) is 7.41. The van der Waals surface area contributed by atoms with E-state index in [2.05, 4.69) is 0 Å². The third kappa shape index (κ3) is 6.05. The van der Waals surface area contributed by atoms with Gasteiger partial charge in [0.2, 0.25) is 0 Å². The fourth-order valence-electron chi connectivity index (χ4n) is 2.28. The van der Waals surface area contributed by atoms with Gasteiger partial charge in [0.15, 0.2) is 0 Å². The summed E-state index contributed by atoms with van der Waals surface area (Å²) in [6.45, 7) is -0.597. The maximum atomic E-state index is 14.5. The van der Waals surface area contributed by atoms with Crippen molar-refractivity contribution in [2.24, 2.45) is 0 Å². The fourth-order valence-corrected chi connectivity index (χ4v) is 3.23. The van der Waals surface area contributed by atoms with E-state index >= 15 is 0 Å². The molecule has 3 amide bonds. The Labute approximate surface area is 181 Å². The summed E-state index contributed by atoms with van der Waals surface area (Å²) in [5.74, 6) is -3.47. The van der Waals surface area contributed by atoms with Crippen LogP contribution in [0.15, 0.2) is 41.3 Å². The summed E-state index contributed by atoms with van der Waals surface area (Å²) in [6, 6.07) is 4.39. The highest BCUT2D eigenvalue weighted by molar-refractivity contribution is 8.00. The van der Waals surface area contributed by atoms with Gasteiger partial charge in [-0.1, -0.05) is 17.7 Å². The van der Waals surface area contributed by atoms with Crippen molar-refractivity contribution in [2.75, 3.05) is 18.7 Å². The lowest BCUT2D eigenvalue weighted by molar-refractivity contribution is -0.0563. The number of ether oxygens (including phenoxy) is 1. The summed E-state index contributed by atoms with van der Waals surface area (Å²) in [5.41, 5.74) is -1.15. The normalized spacial score (nSPS) is 11.5. The van der Waals surface area contributed by atoms with Gasteiger partial charge in [-0.2, -0.15) is 8.78 Å². The lowest BCUT2D eigenvalue weighted by Crippen LogP contribution is -2.44. The quantitative estimate of drug-likeness (QED) is 0.318. The standard InChI is InChI=1S/C18H13ClF6N2O3S/c1-30-8-27(17(29)26-15(28)14-10(19)3-2-4-11(14)20)13-6-5-9(7-12(13)21)31-18(24,25)16(22)23/h2-7,16H,8H2,1H3,(H,26,28,29). The van der Waals surface area contributed by atoms with E-state index in [1.54, 1.807) is 0 Å². The van der Waals surface area contributed by atoms with Gasteiger partial charge in [0.05, 0.1) is 16.3 Å². The molecule has 2 aromatic rings. The highest BCUT2D eigenvalue weighted by atomic mass is 35.5. The molecule has 0 heterocycles. The van der Waals surface area contributed by atoms with Crippen molar-refractivity contribution in [1.82, 2.24) is 5.32 Å². The number of anilines is 1. The second-order valence-electron chi connectivity index (χ2n) is 5.78. The molecule has 0 spiro atoms. The number of methoxy groups -OCH3 is 1. The first kappa shape index (κ1) is 24.8. The highest BCUT2D eigenvalue weighted by Gasteiger charge is 2.42. The fraction of sp³-hybridized carbons (Fsp3) is 0.222. The Morgan fingerprint density at radius 2 is 1.87 bits per heavy atom. The number of amides is 3. The molecule has 0 saturated carbocycles. The van der Waals surface area contributed by atoms with Crippen molar-refractivity contribution < 1.29 is 40.7 Å². The van der Waals surface area contributed by atoms with E-state index in [-0.39, 0.29) is 5.02 Å². The predicted octanol–water partition coefficient (Wildman–Crippen LogP) is 5.53. The molecule has 0 saturated heterocycles. The second kappa shape index (κ2) is 10.2. The van der Waals surface area contributed by atoms with Crippen LogP contribution in [-0.4, -0.2) is 37.5 Å². The molecule has 31 heavy (non-hydrogen) atoms. The van der Waals surface area contributed by atoms with Crippen molar-refractivity contribution in [2.45, 2.75) is 16.6 Å². The van der Waals surface area contributed by atoms with Gasteiger partial charge in [-0.05, 0) is 42.1 Å². The summed E-state index contributed by atoms with van der Waals surface area (Å²) in [4.78, 5) is 24.7. The number of carbonyl (C=O) groups excluding carboxylic acids is 2. The molecule has 2 aromatic carbocycles. The number of rotatable bonds is 7. The minimum Gasteiger partial charge on any atom is -0.364 e. The molecule has 0 aliphatic rings. The number of carbonyl (C=O) groups is 2. The Hall–Kier alpha value is -2.44. The van der Waals surface area contributed by atoms with Crippen LogP contribution in [0.25, 0.3) is 0 Å². The van der Waals surface area contributed by atoms with E-state index in [9.17, 15) is 35.9 Å². The van der Waals surface area contributed by atoms with E-state index in [0.717, 1.165) is 25.3 Å². The summed E-state index contributed by atoms with van der Waals surface area (Å²) in [5, 5.41) is -2.93. The predicted molar refractivity (Wildman–Crippen MR) is 102 cm³/mol. The Bertz CT molecular complexity index is 959. The number of thioether (sulfide) groups is 1. The maximum Gasteiger partial charge on any atom is 0.357 e. The number of benzene rings is 2. The molecule has 0 atom stereocenters. The number of nitrogens with zero attached hydrogens (tertiary/aromatic N) is 1. The number of hydrogen-bond donors (Lipinski definition) is 1. The molecular formula is C18H13ClF6N2O3S. The lowest BCUT2D eigenvalue weighted by Gasteiger charge is -2.23. The summed E-state index contributed by atoms with van der Waals surface area (Å²) < 4.78 is 84.0.